The smallest absolute Gasteiger partial charge is 0.230 e. The molecule has 1 aromatic carbocycles. The van der Waals surface area contributed by atoms with Gasteiger partial charge in [0.05, 0.1) is 27.2 Å². The fraction of sp³-hybridized carbons (Fsp3) is 0.550. The quantitative estimate of drug-likeness (QED) is 0.763. The predicted molar refractivity (Wildman–Crippen MR) is 105 cm³/mol. The number of carbonyl (C=O) groups is 2. The topological polar surface area (TPSA) is 62.7 Å². The van der Waals surface area contributed by atoms with E-state index in [2.05, 4.69) is 11.1 Å². The second kappa shape index (κ2) is 7.56. The lowest BCUT2D eigenvalue weighted by Gasteiger charge is -2.23. The van der Waals surface area contributed by atoms with Crippen molar-refractivity contribution >= 4 is 33.4 Å². The first-order valence-corrected chi connectivity index (χ1v) is 10.3. The molecule has 2 saturated heterocycles. The Bertz CT molecular complexity index is 819. The number of methoxy groups -OCH3 is 1. The number of amides is 2. The fourth-order valence-electron chi connectivity index (χ4n) is 4.17. The normalized spacial score (nSPS) is 22.5. The Morgan fingerprint density at radius 1 is 1.30 bits per heavy atom. The van der Waals surface area contributed by atoms with Crippen LogP contribution in [-0.2, 0) is 20.7 Å². The number of carbonyl (C=O) groups excluding carboxylic acids is 2. The summed E-state index contributed by atoms with van der Waals surface area (Å²) in [4.78, 5) is 33.9. The fourth-order valence-corrected chi connectivity index (χ4v) is 5.14. The maximum absolute atomic E-state index is 12.8. The zero-order chi connectivity index (χ0) is 18.9. The number of hydrogen-bond donors (Lipinski definition) is 0. The van der Waals surface area contributed by atoms with Crippen molar-refractivity contribution in [3.05, 3.63) is 29.3 Å². The number of nitrogens with zero attached hydrogens (tertiary/aromatic N) is 3. The van der Waals surface area contributed by atoms with Gasteiger partial charge in [-0.3, -0.25) is 9.59 Å². The zero-order valence-electron chi connectivity index (χ0n) is 15.6. The van der Waals surface area contributed by atoms with Crippen LogP contribution in [0.25, 0.3) is 10.2 Å². The third-order valence-corrected chi connectivity index (χ3v) is 6.86. The molecule has 3 heterocycles. The lowest BCUT2D eigenvalue weighted by atomic mass is 9.85. The number of ether oxygens (including phenoxy) is 1. The highest BCUT2D eigenvalue weighted by molar-refractivity contribution is 7.18. The van der Waals surface area contributed by atoms with Crippen LogP contribution < -0.4 is 0 Å². The van der Waals surface area contributed by atoms with Crippen molar-refractivity contribution in [2.45, 2.75) is 25.7 Å². The number of thiazole rings is 1. The molecule has 2 aliphatic heterocycles. The van der Waals surface area contributed by atoms with Crippen LogP contribution in [0.15, 0.2) is 24.3 Å². The molecule has 27 heavy (non-hydrogen) atoms. The molecule has 2 fully saturated rings. The molecule has 2 aromatic rings. The van der Waals surface area contributed by atoms with E-state index in [1.165, 1.54) is 0 Å². The minimum Gasteiger partial charge on any atom is -0.383 e. The van der Waals surface area contributed by atoms with E-state index < -0.39 is 0 Å². The Hall–Kier alpha value is -1.99. The Labute approximate surface area is 163 Å². The van der Waals surface area contributed by atoms with E-state index >= 15 is 0 Å². The number of aryl methyl sites for hydroxylation is 1. The van der Waals surface area contributed by atoms with Gasteiger partial charge in [0.25, 0.3) is 0 Å². The zero-order valence-corrected chi connectivity index (χ0v) is 16.5. The van der Waals surface area contributed by atoms with Crippen LogP contribution in [0, 0.1) is 5.41 Å². The van der Waals surface area contributed by atoms with Gasteiger partial charge in [0, 0.05) is 46.1 Å². The third kappa shape index (κ3) is 3.58. The van der Waals surface area contributed by atoms with Gasteiger partial charge in [-0.05, 0) is 25.0 Å². The number of para-hydroxylation sites is 1. The molecule has 1 unspecified atom stereocenters. The highest BCUT2D eigenvalue weighted by Crippen LogP contribution is 2.40. The molecule has 0 N–H and O–H groups in total. The van der Waals surface area contributed by atoms with Crippen molar-refractivity contribution < 1.29 is 14.3 Å². The number of likely N-dealkylation sites (tertiary alicyclic amines) is 2. The molecule has 7 heteroatoms. The predicted octanol–water partition coefficient (Wildman–Crippen LogP) is 2.33. The average Bonchev–Trinajstić information content (AvgIpc) is 3.37. The molecule has 0 radical (unpaired) electrons. The maximum Gasteiger partial charge on any atom is 0.230 e. The summed E-state index contributed by atoms with van der Waals surface area (Å²) in [6.07, 6.45) is 2.74. The van der Waals surface area contributed by atoms with Gasteiger partial charge in [-0.15, -0.1) is 11.3 Å². The number of hydrogen-bond acceptors (Lipinski definition) is 5. The minimum atomic E-state index is -0.362. The lowest BCUT2D eigenvalue weighted by molar-refractivity contribution is -0.136. The summed E-state index contributed by atoms with van der Waals surface area (Å²) in [6, 6.07) is 8.05. The Morgan fingerprint density at radius 3 is 2.93 bits per heavy atom. The first kappa shape index (κ1) is 18.4. The van der Waals surface area contributed by atoms with Crippen LogP contribution in [0.5, 0.6) is 0 Å². The molecule has 0 aliphatic carbocycles. The van der Waals surface area contributed by atoms with Crippen LogP contribution in [0.3, 0.4) is 0 Å². The van der Waals surface area contributed by atoms with Gasteiger partial charge >= 0.3 is 0 Å². The number of rotatable bonds is 6. The van der Waals surface area contributed by atoms with E-state index in [4.69, 9.17) is 4.74 Å². The Balaban J connectivity index is 1.33. The summed E-state index contributed by atoms with van der Waals surface area (Å²) in [6.45, 7) is 3.22. The summed E-state index contributed by atoms with van der Waals surface area (Å²) < 4.78 is 6.25. The number of benzene rings is 1. The summed E-state index contributed by atoms with van der Waals surface area (Å²) in [5.41, 5.74) is 0.636. The van der Waals surface area contributed by atoms with Crippen LogP contribution >= 0.6 is 11.3 Å². The minimum absolute atomic E-state index is 0.134. The molecular formula is C20H25N3O3S. The van der Waals surface area contributed by atoms with E-state index in [9.17, 15) is 9.59 Å². The van der Waals surface area contributed by atoms with Crippen LogP contribution in [0.2, 0.25) is 0 Å². The number of fused-ring (bicyclic) bond motifs is 1. The second-order valence-electron chi connectivity index (χ2n) is 7.46. The van der Waals surface area contributed by atoms with Crippen LogP contribution in [0.4, 0.5) is 0 Å². The monoisotopic (exact) mass is 387 g/mol. The van der Waals surface area contributed by atoms with Gasteiger partial charge in [-0.2, -0.15) is 0 Å². The Kier molecular flexibility index (Phi) is 5.14. The van der Waals surface area contributed by atoms with Gasteiger partial charge < -0.3 is 14.5 Å². The molecule has 2 amide bonds. The van der Waals surface area contributed by atoms with Crippen molar-refractivity contribution in [1.29, 1.82) is 0 Å². The highest BCUT2D eigenvalue weighted by atomic mass is 32.1. The standard InChI is InChI=1S/C20H25N3O3S/c1-26-13-12-22-10-8-20(19(22)25)9-11-23(14-20)18(24)7-6-17-21-15-4-2-3-5-16(15)27-17/h2-5H,6-14H2,1H3. The summed E-state index contributed by atoms with van der Waals surface area (Å²) >= 11 is 1.65. The lowest BCUT2D eigenvalue weighted by Crippen LogP contribution is -2.39. The summed E-state index contributed by atoms with van der Waals surface area (Å²) in [5.74, 6) is 0.329. The van der Waals surface area contributed by atoms with Crippen molar-refractivity contribution in [1.82, 2.24) is 14.8 Å². The molecule has 1 spiro atoms. The summed E-state index contributed by atoms with van der Waals surface area (Å²) in [7, 11) is 1.65. The van der Waals surface area contributed by atoms with E-state index in [1.54, 1.807) is 18.4 Å². The van der Waals surface area contributed by atoms with Gasteiger partial charge in [0.1, 0.15) is 0 Å². The van der Waals surface area contributed by atoms with Gasteiger partial charge in [-0.25, -0.2) is 4.98 Å². The molecule has 1 aromatic heterocycles. The molecule has 1 atom stereocenters. The maximum atomic E-state index is 12.8. The van der Waals surface area contributed by atoms with Crippen molar-refractivity contribution in [3.8, 4) is 0 Å². The molecule has 144 valence electrons. The highest BCUT2D eigenvalue weighted by Gasteiger charge is 2.51. The average molecular weight is 388 g/mol. The molecule has 2 aliphatic rings. The SMILES string of the molecule is COCCN1CCC2(CCN(C(=O)CCc3nc4ccccc4s3)C2)C1=O. The molecule has 0 bridgehead atoms. The first-order valence-electron chi connectivity index (χ1n) is 9.52. The van der Waals surface area contributed by atoms with Crippen LogP contribution in [0.1, 0.15) is 24.3 Å². The largest absolute Gasteiger partial charge is 0.383 e. The van der Waals surface area contributed by atoms with E-state index in [0.717, 1.165) is 34.6 Å². The second-order valence-corrected chi connectivity index (χ2v) is 8.57. The van der Waals surface area contributed by atoms with Crippen LogP contribution in [-0.4, -0.2) is 66.5 Å². The van der Waals surface area contributed by atoms with Crippen molar-refractivity contribution in [2.24, 2.45) is 5.41 Å². The van der Waals surface area contributed by atoms with Gasteiger partial charge in [0.15, 0.2) is 0 Å². The van der Waals surface area contributed by atoms with Crippen molar-refractivity contribution in [3.63, 3.8) is 0 Å². The summed E-state index contributed by atoms with van der Waals surface area (Å²) in [5, 5.41) is 1.00. The molecule has 6 nitrogen and oxygen atoms in total. The van der Waals surface area contributed by atoms with Gasteiger partial charge in [-0.1, -0.05) is 12.1 Å². The Morgan fingerprint density at radius 2 is 2.11 bits per heavy atom. The number of aromatic nitrogens is 1. The third-order valence-electron chi connectivity index (χ3n) is 5.76. The molecule has 0 saturated carbocycles. The molecule has 4 rings (SSSR count). The van der Waals surface area contributed by atoms with E-state index in [1.807, 2.05) is 28.0 Å². The first-order chi connectivity index (χ1) is 13.1. The molecular weight excluding hydrogens is 362 g/mol. The van der Waals surface area contributed by atoms with Gasteiger partial charge in [0.2, 0.25) is 11.8 Å². The van der Waals surface area contributed by atoms with E-state index in [-0.39, 0.29) is 17.2 Å². The van der Waals surface area contributed by atoms with E-state index in [0.29, 0.717) is 39.1 Å². The van der Waals surface area contributed by atoms with Crippen molar-refractivity contribution in [2.75, 3.05) is 39.9 Å².